The van der Waals surface area contributed by atoms with Gasteiger partial charge in [0.05, 0.1) is 0 Å². The number of para-hydroxylation sites is 2. The molecule has 2 aliphatic rings. The topological polar surface area (TPSA) is 85.8 Å². The Hall–Kier alpha value is -3.03. The molecule has 2 aliphatic heterocycles. The summed E-state index contributed by atoms with van der Waals surface area (Å²) in [6.45, 7) is 2.89. The molecule has 1 aromatic carbocycles. The maximum Gasteiger partial charge on any atom is 0.258 e. The molecule has 1 saturated heterocycles. The fraction of sp³-hybridized carbons (Fsp3) is 0.450. The molecule has 148 valence electrons. The van der Waals surface area contributed by atoms with Crippen molar-refractivity contribution in [3.63, 3.8) is 0 Å². The first-order chi connectivity index (χ1) is 13.8. The molecule has 0 radical (unpaired) electrons. The molecule has 8 heteroatoms. The van der Waals surface area contributed by atoms with Crippen molar-refractivity contribution in [3.8, 4) is 17.4 Å². The van der Waals surface area contributed by atoms with Gasteiger partial charge in [-0.1, -0.05) is 12.1 Å². The van der Waals surface area contributed by atoms with Gasteiger partial charge in [0.1, 0.15) is 12.7 Å². The minimum Gasteiger partial charge on any atom is -0.486 e. The Morgan fingerprint density at radius 1 is 1.14 bits per heavy atom. The zero-order chi connectivity index (χ0) is 19.2. The Bertz CT molecular complexity index is 793. The van der Waals surface area contributed by atoms with Crippen LogP contribution >= 0.6 is 0 Å². The molecule has 1 amide bonds. The van der Waals surface area contributed by atoms with Crippen LogP contribution in [0.15, 0.2) is 36.4 Å². The summed E-state index contributed by atoms with van der Waals surface area (Å²) >= 11 is 0. The van der Waals surface area contributed by atoms with E-state index in [9.17, 15) is 4.79 Å². The molecule has 0 saturated carbocycles. The van der Waals surface area contributed by atoms with Gasteiger partial charge >= 0.3 is 0 Å². The number of hydrogen-bond acceptors (Lipinski definition) is 7. The van der Waals surface area contributed by atoms with E-state index in [4.69, 9.17) is 14.2 Å². The second kappa shape index (κ2) is 8.77. The van der Waals surface area contributed by atoms with Crippen molar-refractivity contribution < 1.29 is 19.0 Å². The van der Waals surface area contributed by atoms with E-state index >= 15 is 0 Å². The normalized spacial score (nSPS) is 18.0. The summed E-state index contributed by atoms with van der Waals surface area (Å²) in [5.74, 6) is 2.49. The lowest BCUT2D eigenvalue weighted by Gasteiger charge is -2.26. The van der Waals surface area contributed by atoms with Crippen molar-refractivity contribution in [2.75, 3.05) is 37.7 Å². The number of ether oxygens (including phenoxy) is 3. The molecule has 1 aromatic heterocycles. The highest BCUT2D eigenvalue weighted by Gasteiger charge is 2.20. The quantitative estimate of drug-likeness (QED) is 0.779. The number of aromatic nitrogens is 2. The first-order valence-corrected chi connectivity index (χ1v) is 9.64. The molecule has 8 nitrogen and oxygen atoms in total. The molecule has 1 atom stereocenters. The number of carbonyl (C=O) groups is 1. The van der Waals surface area contributed by atoms with Crippen molar-refractivity contribution in [3.05, 3.63) is 36.4 Å². The molecule has 0 unspecified atom stereocenters. The smallest absolute Gasteiger partial charge is 0.258 e. The number of nitrogens with one attached hydrogen (secondary N) is 1. The number of amides is 1. The number of fused-ring (bicyclic) bond motifs is 1. The van der Waals surface area contributed by atoms with Crippen LogP contribution in [0.25, 0.3) is 0 Å². The summed E-state index contributed by atoms with van der Waals surface area (Å²) in [4.78, 5) is 14.2. The van der Waals surface area contributed by atoms with Crippen LogP contribution in [0.5, 0.6) is 17.4 Å². The van der Waals surface area contributed by atoms with Crippen molar-refractivity contribution in [2.24, 2.45) is 0 Å². The maximum atomic E-state index is 12.0. The fourth-order valence-electron chi connectivity index (χ4n) is 3.27. The van der Waals surface area contributed by atoms with E-state index in [2.05, 4.69) is 20.4 Å². The number of rotatable bonds is 7. The summed E-state index contributed by atoms with van der Waals surface area (Å²) in [5, 5.41) is 11.0. The van der Waals surface area contributed by atoms with Gasteiger partial charge in [-0.2, -0.15) is 0 Å². The van der Waals surface area contributed by atoms with Gasteiger partial charge in [0, 0.05) is 32.1 Å². The molecule has 1 fully saturated rings. The van der Waals surface area contributed by atoms with Gasteiger partial charge in [-0.05, 0) is 31.0 Å². The molecule has 0 bridgehead atoms. The monoisotopic (exact) mass is 384 g/mol. The Morgan fingerprint density at radius 2 is 1.96 bits per heavy atom. The van der Waals surface area contributed by atoms with Crippen LogP contribution in [-0.4, -0.2) is 55.1 Å². The molecule has 3 heterocycles. The number of hydrogen-bond donors (Lipinski definition) is 1. The zero-order valence-corrected chi connectivity index (χ0v) is 15.7. The van der Waals surface area contributed by atoms with E-state index in [0.717, 1.165) is 30.4 Å². The Labute approximate surface area is 163 Å². The van der Waals surface area contributed by atoms with Gasteiger partial charge in [0.25, 0.3) is 5.91 Å². The summed E-state index contributed by atoms with van der Waals surface area (Å²) in [6.07, 6.45) is 2.94. The predicted molar refractivity (Wildman–Crippen MR) is 103 cm³/mol. The Kier molecular flexibility index (Phi) is 5.75. The zero-order valence-electron chi connectivity index (χ0n) is 15.7. The average molecular weight is 384 g/mol. The SMILES string of the molecule is O=C(COc1ccc(N2CCCC2)nn1)NCC[C@H]1COc2ccccc2O1. The van der Waals surface area contributed by atoms with Gasteiger partial charge in [0.15, 0.2) is 23.9 Å². The number of nitrogens with zero attached hydrogens (tertiary/aromatic N) is 3. The first-order valence-electron chi connectivity index (χ1n) is 9.64. The largest absolute Gasteiger partial charge is 0.486 e. The number of carbonyl (C=O) groups excluding carboxylic acids is 1. The first kappa shape index (κ1) is 18.3. The third-order valence-electron chi connectivity index (χ3n) is 4.76. The summed E-state index contributed by atoms with van der Waals surface area (Å²) in [6, 6.07) is 11.2. The molecule has 2 aromatic rings. The Balaban J connectivity index is 1.15. The third-order valence-corrected chi connectivity index (χ3v) is 4.76. The van der Waals surface area contributed by atoms with Crippen LogP contribution in [0.2, 0.25) is 0 Å². The van der Waals surface area contributed by atoms with Gasteiger partial charge in [-0.3, -0.25) is 4.79 Å². The van der Waals surface area contributed by atoms with Gasteiger partial charge < -0.3 is 24.4 Å². The van der Waals surface area contributed by atoms with E-state index in [1.54, 1.807) is 6.07 Å². The number of benzene rings is 1. The van der Waals surface area contributed by atoms with Crippen molar-refractivity contribution in [1.29, 1.82) is 0 Å². The molecule has 0 spiro atoms. The highest BCUT2D eigenvalue weighted by molar-refractivity contribution is 5.77. The van der Waals surface area contributed by atoms with Crippen LogP contribution in [0.1, 0.15) is 19.3 Å². The average Bonchev–Trinajstić information content (AvgIpc) is 3.27. The lowest BCUT2D eigenvalue weighted by atomic mass is 10.2. The standard InChI is InChI=1S/C20H24N4O4/c25-19(14-27-20-8-7-18(22-23-20)24-11-3-4-12-24)21-10-9-15-13-26-16-5-1-2-6-17(16)28-15/h1-2,5-8,15H,3-4,9-14H2,(H,21,25)/t15-/m0/s1. The Morgan fingerprint density at radius 3 is 2.75 bits per heavy atom. The molecule has 1 N–H and O–H groups in total. The highest BCUT2D eigenvalue weighted by Crippen LogP contribution is 2.31. The summed E-state index contributed by atoms with van der Waals surface area (Å²) in [7, 11) is 0. The van der Waals surface area contributed by atoms with E-state index in [0.29, 0.717) is 25.5 Å². The van der Waals surface area contributed by atoms with Gasteiger partial charge in [-0.15, -0.1) is 10.2 Å². The molecule has 4 rings (SSSR count). The van der Waals surface area contributed by atoms with Crippen LogP contribution in [-0.2, 0) is 4.79 Å². The molecule has 28 heavy (non-hydrogen) atoms. The second-order valence-corrected chi connectivity index (χ2v) is 6.85. The van der Waals surface area contributed by atoms with Gasteiger partial charge in [0.2, 0.25) is 5.88 Å². The third kappa shape index (κ3) is 4.62. The fourth-order valence-corrected chi connectivity index (χ4v) is 3.27. The van der Waals surface area contributed by atoms with Crippen LogP contribution in [0, 0.1) is 0 Å². The van der Waals surface area contributed by atoms with E-state index in [1.807, 2.05) is 30.3 Å². The van der Waals surface area contributed by atoms with Crippen molar-refractivity contribution >= 4 is 11.7 Å². The summed E-state index contributed by atoms with van der Waals surface area (Å²) < 4.78 is 16.9. The lowest BCUT2D eigenvalue weighted by Crippen LogP contribution is -2.36. The van der Waals surface area contributed by atoms with Crippen LogP contribution in [0.4, 0.5) is 5.82 Å². The van der Waals surface area contributed by atoms with Crippen LogP contribution in [0.3, 0.4) is 0 Å². The minimum absolute atomic E-state index is 0.0832. The molecule has 0 aliphatic carbocycles. The summed E-state index contributed by atoms with van der Waals surface area (Å²) in [5.41, 5.74) is 0. The number of anilines is 1. The second-order valence-electron chi connectivity index (χ2n) is 6.85. The predicted octanol–water partition coefficient (Wildman–Crippen LogP) is 1.80. The highest BCUT2D eigenvalue weighted by atomic mass is 16.6. The lowest BCUT2D eigenvalue weighted by molar-refractivity contribution is -0.123. The maximum absolute atomic E-state index is 12.0. The van der Waals surface area contributed by atoms with Gasteiger partial charge in [-0.25, -0.2) is 0 Å². The van der Waals surface area contributed by atoms with Crippen LogP contribution < -0.4 is 24.4 Å². The van der Waals surface area contributed by atoms with E-state index in [1.165, 1.54) is 12.8 Å². The minimum atomic E-state index is -0.206. The van der Waals surface area contributed by atoms with Crippen molar-refractivity contribution in [1.82, 2.24) is 15.5 Å². The van der Waals surface area contributed by atoms with E-state index in [-0.39, 0.29) is 18.6 Å². The van der Waals surface area contributed by atoms with Crippen molar-refractivity contribution in [2.45, 2.75) is 25.4 Å². The van der Waals surface area contributed by atoms with E-state index < -0.39 is 0 Å². The molecular formula is C20H24N4O4. The molecular weight excluding hydrogens is 360 g/mol.